The number of nitrogens with zero attached hydrogens (tertiary/aromatic N) is 5. The highest BCUT2D eigenvalue weighted by molar-refractivity contribution is 5.80. The van der Waals surface area contributed by atoms with Gasteiger partial charge in [0.05, 0.1) is 18.7 Å². The zero-order valence-electron chi connectivity index (χ0n) is 21.4. The molecule has 6 rings (SSSR count). The fourth-order valence-corrected chi connectivity index (χ4v) is 5.84. The van der Waals surface area contributed by atoms with Crippen molar-refractivity contribution < 1.29 is 9.13 Å². The van der Waals surface area contributed by atoms with E-state index in [4.69, 9.17) is 4.74 Å². The number of benzene rings is 2. The minimum atomic E-state index is -0.409. The van der Waals surface area contributed by atoms with Gasteiger partial charge in [-0.15, -0.1) is 5.10 Å². The van der Waals surface area contributed by atoms with Gasteiger partial charge in [0.1, 0.15) is 17.6 Å². The van der Waals surface area contributed by atoms with Crippen LogP contribution in [0.2, 0.25) is 0 Å². The third kappa shape index (κ3) is 4.74. The van der Waals surface area contributed by atoms with E-state index in [1.165, 1.54) is 24.1 Å². The first-order valence-corrected chi connectivity index (χ1v) is 13.3. The molecule has 38 heavy (non-hydrogen) atoms. The molecule has 2 aromatic heterocycles. The topological polar surface area (TPSA) is 88.9 Å². The highest BCUT2D eigenvalue weighted by atomic mass is 19.1. The summed E-state index contributed by atoms with van der Waals surface area (Å²) in [6.45, 7) is 1.33. The number of pyridine rings is 1. The lowest BCUT2D eigenvalue weighted by molar-refractivity contribution is 0.221. The van der Waals surface area contributed by atoms with Gasteiger partial charge in [-0.2, -0.15) is 0 Å². The van der Waals surface area contributed by atoms with Crippen molar-refractivity contribution in [2.45, 2.75) is 50.6 Å². The standard InChI is InChI=1S/C29H31FN6O2/c1-38-24-12-9-21-17-25(29(37)31-26(21)18-24)27(28-32-33-34-36(28)23-5-3-2-4-6-23)35-15-13-20(14-16-35)19-7-10-22(30)11-8-19/h7-13,17-18,23,27H,2-6,14-16H2,1H3,(H,31,37)/t27-/m0/s1. The van der Waals surface area contributed by atoms with Crippen molar-refractivity contribution in [1.82, 2.24) is 30.1 Å². The van der Waals surface area contributed by atoms with Crippen molar-refractivity contribution >= 4 is 16.5 Å². The van der Waals surface area contributed by atoms with E-state index in [2.05, 4.69) is 31.5 Å². The highest BCUT2D eigenvalue weighted by Gasteiger charge is 2.33. The van der Waals surface area contributed by atoms with E-state index in [0.29, 0.717) is 30.2 Å². The minimum Gasteiger partial charge on any atom is -0.497 e. The number of rotatable bonds is 6. The Morgan fingerprint density at radius 3 is 2.63 bits per heavy atom. The lowest BCUT2D eigenvalue weighted by Crippen LogP contribution is -2.38. The molecule has 0 saturated heterocycles. The molecule has 9 heteroatoms. The summed E-state index contributed by atoms with van der Waals surface area (Å²) in [6.07, 6.45) is 8.55. The van der Waals surface area contributed by atoms with Crippen molar-refractivity contribution in [2.24, 2.45) is 0 Å². The second-order valence-electron chi connectivity index (χ2n) is 10.2. The number of nitrogens with one attached hydrogen (secondary N) is 1. The van der Waals surface area contributed by atoms with Gasteiger partial charge in [-0.05, 0) is 76.5 Å². The lowest BCUT2D eigenvalue weighted by atomic mass is 9.94. The summed E-state index contributed by atoms with van der Waals surface area (Å²) < 4.78 is 20.8. The first kappa shape index (κ1) is 24.5. The molecule has 4 aromatic rings. The number of methoxy groups -OCH3 is 1. The number of ether oxygens (including phenoxy) is 1. The van der Waals surface area contributed by atoms with E-state index >= 15 is 0 Å². The molecule has 1 fully saturated rings. The van der Waals surface area contributed by atoms with Crippen molar-refractivity contribution in [2.75, 3.05) is 20.2 Å². The summed E-state index contributed by atoms with van der Waals surface area (Å²) in [4.78, 5) is 18.9. The molecule has 2 aliphatic rings. The third-order valence-corrected chi connectivity index (χ3v) is 7.88. The molecule has 1 aliphatic heterocycles. The quantitative estimate of drug-likeness (QED) is 0.388. The van der Waals surface area contributed by atoms with Crippen LogP contribution in [0.1, 0.15) is 67.6 Å². The number of H-pyrrole nitrogens is 1. The van der Waals surface area contributed by atoms with Crippen LogP contribution in [0.5, 0.6) is 5.75 Å². The van der Waals surface area contributed by atoms with Gasteiger partial charge in [-0.3, -0.25) is 9.69 Å². The van der Waals surface area contributed by atoms with Crippen LogP contribution in [0.3, 0.4) is 0 Å². The molecule has 196 valence electrons. The summed E-state index contributed by atoms with van der Waals surface area (Å²) in [5.41, 5.74) is 3.37. The Kier molecular flexibility index (Phi) is 6.76. The van der Waals surface area contributed by atoms with Gasteiger partial charge in [0.2, 0.25) is 0 Å². The Labute approximate surface area is 220 Å². The molecular formula is C29H31FN6O2. The summed E-state index contributed by atoms with van der Waals surface area (Å²) in [5, 5.41) is 13.9. The van der Waals surface area contributed by atoms with Crippen LogP contribution in [-0.4, -0.2) is 50.3 Å². The molecular weight excluding hydrogens is 483 g/mol. The Hall–Kier alpha value is -3.85. The predicted molar refractivity (Wildman–Crippen MR) is 143 cm³/mol. The van der Waals surface area contributed by atoms with Gasteiger partial charge in [-0.25, -0.2) is 9.07 Å². The smallest absolute Gasteiger partial charge is 0.253 e. The Morgan fingerprint density at radius 2 is 1.89 bits per heavy atom. The fraction of sp³-hybridized carbons (Fsp3) is 0.379. The lowest BCUT2D eigenvalue weighted by Gasteiger charge is -2.34. The molecule has 0 radical (unpaired) electrons. The largest absolute Gasteiger partial charge is 0.497 e. The first-order valence-electron chi connectivity index (χ1n) is 13.3. The number of halogens is 1. The maximum absolute atomic E-state index is 13.6. The molecule has 1 atom stereocenters. The number of hydrogen-bond donors (Lipinski definition) is 1. The van der Waals surface area contributed by atoms with Crippen LogP contribution in [0.15, 0.2) is 59.4 Å². The van der Waals surface area contributed by atoms with Gasteiger partial charge in [0, 0.05) is 24.7 Å². The molecule has 3 heterocycles. The predicted octanol–water partition coefficient (Wildman–Crippen LogP) is 5.05. The molecule has 0 amide bonds. The number of aromatic nitrogens is 5. The van der Waals surface area contributed by atoms with E-state index in [9.17, 15) is 9.18 Å². The minimum absolute atomic E-state index is 0.165. The first-order chi connectivity index (χ1) is 18.6. The Morgan fingerprint density at radius 1 is 1.08 bits per heavy atom. The summed E-state index contributed by atoms with van der Waals surface area (Å²) >= 11 is 0. The maximum Gasteiger partial charge on any atom is 0.253 e. The van der Waals surface area contributed by atoms with Crippen LogP contribution in [0.4, 0.5) is 4.39 Å². The molecule has 8 nitrogen and oxygen atoms in total. The van der Waals surface area contributed by atoms with Crippen molar-refractivity contribution in [3.8, 4) is 5.75 Å². The molecule has 0 unspecified atom stereocenters. The molecule has 1 N–H and O–H groups in total. The average molecular weight is 515 g/mol. The third-order valence-electron chi connectivity index (χ3n) is 7.88. The van der Waals surface area contributed by atoms with Gasteiger partial charge >= 0.3 is 0 Å². The Balaban J connectivity index is 1.41. The second kappa shape index (κ2) is 10.5. The highest BCUT2D eigenvalue weighted by Crippen LogP contribution is 2.35. The van der Waals surface area contributed by atoms with E-state index in [0.717, 1.165) is 48.6 Å². The van der Waals surface area contributed by atoms with Gasteiger partial charge in [0.15, 0.2) is 5.82 Å². The molecule has 0 bridgehead atoms. The van der Waals surface area contributed by atoms with E-state index in [-0.39, 0.29) is 17.4 Å². The normalized spacial score (nSPS) is 17.9. The monoisotopic (exact) mass is 514 g/mol. The SMILES string of the molecule is COc1ccc2cc([C@@H](c3nnnn3C3CCCCC3)N3CC=C(c4ccc(F)cc4)CC3)c(=O)[nH]c2c1. The maximum atomic E-state index is 13.6. The van der Waals surface area contributed by atoms with Crippen LogP contribution in [0.25, 0.3) is 16.5 Å². The van der Waals surface area contributed by atoms with Crippen LogP contribution in [0, 0.1) is 5.82 Å². The molecule has 1 aliphatic carbocycles. The molecule has 0 spiro atoms. The zero-order valence-corrected chi connectivity index (χ0v) is 21.4. The van der Waals surface area contributed by atoms with E-state index in [1.807, 2.05) is 41.1 Å². The van der Waals surface area contributed by atoms with Crippen molar-refractivity contribution in [3.05, 3.63) is 87.7 Å². The van der Waals surface area contributed by atoms with Gasteiger partial charge in [0.25, 0.3) is 5.56 Å². The Bertz CT molecular complexity index is 1520. The van der Waals surface area contributed by atoms with E-state index < -0.39 is 6.04 Å². The van der Waals surface area contributed by atoms with Crippen LogP contribution in [-0.2, 0) is 0 Å². The summed E-state index contributed by atoms with van der Waals surface area (Å²) in [6, 6.07) is 14.1. The van der Waals surface area contributed by atoms with Gasteiger partial charge in [-0.1, -0.05) is 37.5 Å². The van der Waals surface area contributed by atoms with Crippen molar-refractivity contribution in [1.29, 1.82) is 0 Å². The van der Waals surface area contributed by atoms with Crippen LogP contribution < -0.4 is 10.3 Å². The average Bonchev–Trinajstić information content (AvgIpc) is 3.44. The fourth-order valence-electron chi connectivity index (χ4n) is 5.84. The molecule has 1 saturated carbocycles. The van der Waals surface area contributed by atoms with Crippen LogP contribution >= 0.6 is 0 Å². The number of fused-ring (bicyclic) bond motifs is 1. The summed E-state index contributed by atoms with van der Waals surface area (Å²) in [5.74, 6) is 1.15. The van der Waals surface area contributed by atoms with E-state index in [1.54, 1.807) is 7.11 Å². The van der Waals surface area contributed by atoms with Gasteiger partial charge < -0.3 is 9.72 Å². The zero-order chi connectivity index (χ0) is 26.1. The number of tetrazole rings is 1. The van der Waals surface area contributed by atoms with Crippen molar-refractivity contribution in [3.63, 3.8) is 0 Å². The summed E-state index contributed by atoms with van der Waals surface area (Å²) in [7, 11) is 1.61. The second-order valence-corrected chi connectivity index (χ2v) is 10.2. The number of hydrogen-bond acceptors (Lipinski definition) is 6. The number of aromatic amines is 1. The molecule has 2 aromatic carbocycles.